The van der Waals surface area contributed by atoms with E-state index >= 15 is 0 Å². The Morgan fingerprint density at radius 3 is 2.25 bits per heavy atom. The summed E-state index contributed by atoms with van der Waals surface area (Å²) in [6.45, 7) is 11.5. The van der Waals surface area contributed by atoms with Gasteiger partial charge < -0.3 is 5.32 Å². The molecule has 0 radical (unpaired) electrons. The Balaban J connectivity index is 3.14. The monoisotopic (exact) mass is 171 g/mol. The first-order valence-corrected chi connectivity index (χ1v) is 5.37. The quantitative estimate of drug-likeness (QED) is 0.580. The Bertz CT molecular complexity index is 89.0. The molecule has 0 fully saturated rings. The van der Waals surface area contributed by atoms with Crippen LogP contribution in [-0.2, 0) is 0 Å². The Labute approximate surface area is 77.9 Å². The van der Waals surface area contributed by atoms with Crippen LogP contribution in [0.5, 0.6) is 0 Å². The molecule has 1 atom stereocenters. The van der Waals surface area contributed by atoms with Gasteiger partial charge in [0, 0.05) is 0 Å². The van der Waals surface area contributed by atoms with Crippen molar-refractivity contribution in [2.75, 3.05) is 13.1 Å². The number of hydrogen-bond acceptors (Lipinski definition) is 1. The van der Waals surface area contributed by atoms with E-state index < -0.39 is 0 Å². The highest BCUT2D eigenvalue weighted by molar-refractivity contribution is 4.58. The van der Waals surface area contributed by atoms with Gasteiger partial charge in [-0.05, 0) is 44.2 Å². The van der Waals surface area contributed by atoms with Crippen molar-refractivity contribution in [3.05, 3.63) is 0 Å². The van der Waals surface area contributed by atoms with Crippen LogP contribution in [0.2, 0.25) is 0 Å². The van der Waals surface area contributed by atoms with Gasteiger partial charge in [0.15, 0.2) is 0 Å². The molecule has 0 bridgehead atoms. The van der Waals surface area contributed by atoms with Crippen LogP contribution in [0.3, 0.4) is 0 Å². The SMILES string of the molecule is CCCNCCC(C)CC(C)C. The highest BCUT2D eigenvalue weighted by Crippen LogP contribution is 2.13. The van der Waals surface area contributed by atoms with E-state index in [4.69, 9.17) is 0 Å². The van der Waals surface area contributed by atoms with Gasteiger partial charge >= 0.3 is 0 Å². The van der Waals surface area contributed by atoms with Crippen LogP contribution in [-0.4, -0.2) is 13.1 Å². The number of rotatable bonds is 7. The lowest BCUT2D eigenvalue weighted by Crippen LogP contribution is -2.18. The molecule has 0 rings (SSSR count). The molecule has 1 N–H and O–H groups in total. The average Bonchev–Trinajstić information content (AvgIpc) is 1.97. The first kappa shape index (κ1) is 12.0. The molecule has 0 saturated carbocycles. The van der Waals surface area contributed by atoms with Crippen molar-refractivity contribution in [3.63, 3.8) is 0 Å². The molecule has 0 amide bonds. The molecular formula is C11H25N. The summed E-state index contributed by atoms with van der Waals surface area (Å²) in [6, 6.07) is 0. The van der Waals surface area contributed by atoms with Crippen LogP contribution in [0, 0.1) is 11.8 Å². The Morgan fingerprint density at radius 1 is 1.08 bits per heavy atom. The van der Waals surface area contributed by atoms with E-state index in [1.807, 2.05) is 0 Å². The van der Waals surface area contributed by atoms with E-state index in [1.54, 1.807) is 0 Å². The lowest BCUT2D eigenvalue weighted by molar-refractivity contribution is 0.406. The van der Waals surface area contributed by atoms with Crippen molar-refractivity contribution >= 4 is 0 Å². The molecule has 0 aromatic heterocycles. The van der Waals surface area contributed by atoms with Gasteiger partial charge in [0.2, 0.25) is 0 Å². The molecule has 0 saturated heterocycles. The van der Waals surface area contributed by atoms with Crippen LogP contribution in [0.4, 0.5) is 0 Å². The molecule has 1 heteroatoms. The van der Waals surface area contributed by atoms with E-state index in [0.717, 1.165) is 11.8 Å². The summed E-state index contributed by atoms with van der Waals surface area (Å²) >= 11 is 0. The van der Waals surface area contributed by atoms with E-state index in [1.165, 1.54) is 32.4 Å². The number of hydrogen-bond donors (Lipinski definition) is 1. The Morgan fingerprint density at radius 2 is 1.75 bits per heavy atom. The maximum absolute atomic E-state index is 3.44. The van der Waals surface area contributed by atoms with Gasteiger partial charge in [-0.1, -0.05) is 27.7 Å². The smallest absolute Gasteiger partial charge is 0.00464 e. The predicted molar refractivity (Wildman–Crippen MR) is 56.4 cm³/mol. The van der Waals surface area contributed by atoms with Gasteiger partial charge in [-0.3, -0.25) is 0 Å². The van der Waals surface area contributed by atoms with Crippen LogP contribution in [0.25, 0.3) is 0 Å². The molecule has 0 aliphatic heterocycles. The molecule has 0 aromatic rings. The van der Waals surface area contributed by atoms with Gasteiger partial charge in [-0.15, -0.1) is 0 Å². The summed E-state index contributed by atoms with van der Waals surface area (Å²) in [6.07, 6.45) is 3.95. The molecule has 0 aliphatic rings. The van der Waals surface area contributed by atoms with E-state index in [2.05, 4.69) is 33.0 Å². The van der Waals surface area contributed by atoms with Crippen LogP contribution in [0.15, 0.2) is 0 Å². The molecule has 74 valence electrons. The van der Waals surface area contributed by atoms with Crippen molar-refractivity contribution < 1.29 is 0 Å². The molecule has 0 aliphatic carbocycles. The maximum atomic E-state index is 3.44. The fraction of sp³-hybridized carbons (Fsp3) is 1.00. The van der Waals surface area contributed by atoms with Gasteiger partial charge in [-0.2, -0.15) is 0 Å². The summed E-state index contributed by atoms with van der Waals surface area (Å²) in [5.74, 6) is 1.74. The molecule has 1 unspecified atom stereocenters. The molecule has 1 nitrogen and oxygen atoms in total. The van der Waals surface area contributed by atoms with Gasteiger partial charge in [0.1, 0.15) is 0 Å². The highest BCUT2D eigenvalue weighted by atomic mass is 14.8. The lowest BCUT2D eigenvalue weighted by Gasteiger charge is -2.13. The fourth-order valence-electron chi connectivity index (χ4n) is 1.57. The minimum atomic E-state index is 0.853. The minimum absolute atomic E-state index is 0.853. The largest absolute Gasteiger partial charge is 0.317 e. The van der Waals surface area contributed by atoms with Crippen LogP contribution < -0.4 is 5.32 Å². The average molecular weight is 171 g/mol. The van der Waals surface area contributed by atoms with Crippen molar-refractivity contribution in [3.8, 4) is 0 Å². The van der Waals surface area contributed by atoms with E-state index in [-0.39, 0.29) is 0 Å². The first-order chi connectivity index (χ1) is 5.66. The third kappa shape index (κ3) is 8.06. The zero-order valence-corrected chi connectivity index (χ0v) is 9.19. The second kappa shape index (κ2) is 7.60. The van der Waals surface area contributed by atoms with E-state index in [9.17, 15) is 0 Å². The Kier molecular flexibility index (Phi) is 7.58. The summed E-state index contributed by atoms with van der Waals surface area (Å²) in [7, 11) is 0. The number of nitrogens with one attached hydrogen (secondary N) is 1. The van der Waals surface area contributed by atoms with Crippen molar-refractivity contribution in [2.45, 2.75) is 47.0 Å². The minimum Gasteiger partial charge on any atom is -0.317 e. The van der Waals surface area contributed by atoms with Crippen molar-refractivity contribution in [1.82, 2.24) is 5.32 Å². The summed E-state index contributed by atoms with van der Waals surface area (Å²) in [4.78, 5) is 0. The summed E-state index contributed by atoms with van der Waals surface area (Å²) < 4.78 is 0. The third-order valence-corrected chi connectivity index (χ3v) is 2.11. The van der Waals surface area contributed by atoms with Gasteiger partial charge in [0.25, 0.3) is 0 Å². The summed E-state index contributed by atoms with van der Waals surface area (Å²) in [5.41, 5.74) is 0. The molecular weight excluding hydrogens is 146 g/mol. The molecule has 0 heterocycles. The molecule has 0 aromatic carbocycles. The van der Waals surface area contributed by atoms with Crippen molar-refractivity contribution in [1.29, 1.82) is 0 Å². The highest BCUT2D eigenvalue weighted by Gasteiger charge is 2.03. The zero-order chi connectivity index (χ0) is 9.40. The lowest BCUT2D eigenvalue weighted by atomic mass is 9.96. The van der Waals surface area contributed by atoms with E-state index in [0.29, 0.717) is 0 Å². The standard InChI is InChI=1S/C11H25N/c1-5-7-12-8-6-11(4)9-10(2)3/h10-12H,5-9H2,1-4H3. The molecule has 12 heavy (non-hydrogen) atoms. The summed E-state index contributed by atoms with van der Waals surface area (Å²) in [5, 5.41) is 3.44. The maximum Gasteiger partial charge on any atom is -0.00464 e. The van der Waals surface area contributed by atoms with Gasteiger partial charge in [-0.25, -0.2) is 0 Å². The predicted octanol–water partition coefficient (Wildman–Crippen LogP) is 3.06. The first-order valence-electron chi connectivity index (χ1n) is 5.37. The third-order valence-electron chi connectivity index (χ3n) is 2.11. The fourth-order valence-corrected chi connectivity index (χ4v) is 1.57. The normalized spacial score (nSPS) is 13.8. The van der Waals surface area contributed by atoms with Crippen LogP contribution in [0.1, 0.15) is 47.0 Å². The topological polar surface area (TPSA) is 12.0 Å². The van der Waals surface area contributed by atoms with Crippen LogP contribution >= 0.6 is 0 Å². The van der Waals surface area contributed by atoms with Crippen molar-refractivity contribution in [2.24, 2.45) is 11.8 Å². The zero-order valence-electron chi connectivity index (χ0n) is 9.19. The second-order valence-corrected chi connectivity index (χ2v) is 4.27. The van der Waals surface area contributed by atoms with Gasteiger partial charge in [0.05, 0.1) is 0 Å². The Hall–Kier alpha value is -0.0400. The molecule has 0 spiro atoms. The second-order valence-electron chi connectivity index (χ2n) is 4.27.